The van der Waals surface area contributed by atoms with E-state index < -0.39 is 5.82 Å². The number of hydrogen-bond donors (Lipinski definition) is 3. The first-order valence-corrected chi connectivity index (χ1v) is 5.55. The number of ether oxygens (including phenoxy) is 1. The summed E-state index contributed by atoms with van der Waals surface area (Å²) in [7, 11) is 3.22. The first kappa shape index (κ1) is 12.9. The molecule has 1 aromatic heterocycles. The van der Waals surface area contributed by atoms with Gasteiger partial charge in [-0.2, -0.15) is 9.97 Å². The second kappa shape index (κ2) is 5.38. The monoisotopic (exact) mass is 263 g/mol. The zero-order chi connectivity index (χ0) is 13.8. The summed E-state index contributed by atoms with van der Waals surface area (Å²) in [6, 6.07) is 6.00. The lowest BCUT2D eigenvalue weighted by molar-refractivity contribution is 0.414. The largest absolute Gasteiger partial charge is 0.497 e. The van der Waals surface area contributed by atoms with Gasteiger partial charge >= 0.3 is 0 Å². The maximum atomic E-state index is 13.7. The SMILES string of the molecule is CNc1cc(Nc2cc(OC)ccc2F)nc(N)n1. The van der Waals surface area contributed by atoms with Gasteiger partial charge in [-0.15, -0.1) is 0 Å². The van der Waals surface area contributed by atoms with Crippen LogP contribution in [0.1, 0.15) is 0 Å². The third-order valence-electron chi connectivity index (χ3n) is 2.44. The summed E-state index contributed by atoms with van der Waals surface area (Å²) in [5.41, 5.74) is 5.81. The zero-order valence-electron chi connectivity index (χ0n) is 10.6. The van der Waals surface area contributed by atoms with Crippen LogP contribution in [0, 0.1) is 5.82 Å². The Kier molecular flexibility index (Phi) is 3.65. The Morgan fingerprint density at radius 1 is 1.21 bits per heavy atom. The molecule has 0 fully saturated rings. The molecule has 0 aliphatic carbocycles. The number of nitrogen functional groups attached to an aromatic ring is 1. The number of methoxy groups -OCH3 is 1. The van der Waals surface area contributed by atoms with Crippen molar-refractivity contribution < 1.29 is 9.13 Å². The number of halogens is 1. The normalized spacial score (nSPS) is 10.1. The Morgan fingerprint density at radius 3 is 2.63 bits per heavy atom. The summed E-state index contributed by atoms with van der Waals surface area (Å²) in [6.45, 7) is 0. The zero-order valence-corrected chi connectivity index (χ0v) is 10.6. The van der Waals surface area contributed by atoms with E-state index in [-0.39, 0.29) is 11.6 Å². The molecule has 0 atom stereocenters. The molecule has 0 bridgehead atoms. The quantitative estimate of drug-likeness (QED) is 0.782. The second-order valence-corrected chi connectivity index (χ2v) is 3.72. The molecule has 4 N–H and O–H groups in total. The van der Waals surface area contributed by atoms with Crippen LogP contribution in [0.4, 0.5) is 27.7 Å². The lowest BCUT2D eigenvalue weighted by atomic mass is 10.3. The third-order valence-corrected chi connectivity index (χ3v) is 2.44. The van der Waals surface area contributed by atoms with E-state index in [0.29, 0.717) is 17.4 Å². The van der Waals surface area contributed by atoms with Crippen LogP contribution in [0.3, 0.4) is 0 Å². The Labute approximate surface area is 109 Å². The molecule has 0 spiro atoms. The second-order valence-electron chi connectivity index (χ2n) is 3.72. The molecule has 1 heterocycles. The molecule has 1 aromatic carbocycles. The highest BCUT2D eigenvalue weighted by atomic mass is 19.1. The Balaban J connectivity index is 2.32. The van der Waals surface area contributed by atoms with Crippen molar-refractivity contribution in [1.82, 2.24) is 9.97 Å². The van der Waals surface area contributed by atoms with Gasteiger partial charge in [-0.1, -0.05) is 0 Å². The minimum Gasteiger partial charge on any atom is -0.497 e. The van der Waals surface area contributed by atoms with E-state index in [0.717, 1.165) is 0 Å². The molecule has 7 heteroatoms. The topological polar surface area (TPSA) is 85.1 Å². The fourth-order valence-corrected chi connectivity index (χ4v) is 1.52. The number of nitrogens with zero attached hydrogens (tertiary/aromatic N) is 2. The van der Waals surface area contributed by atoms with Crippen molar-refractivity contribution in [2.75, 3.05) is 30.5 Å². The van der Waals surface area contributed by atoms with E-state index in [4.69, 9.17) is 10.5 Å². The molecule has 6 nitrogen and oxygen atoms in total. The van der Waals surface area contributed by atoms with Crippen molar-refractivity contribution >= 4 is 23.3 Å². The fourth-order valence-electron chi connectivity index (χ4n) is 1.52. The smallest absolute Gasteiger partial charge is 0.223 e. The first-order valence-electron chi connectivity index (χ1n) is 5.55. The van der Waals surface area contributed by atoms with Gasteiger partial charge in [0.05, 0.1) is 12.8 Å². The highest BCUT2D eigenvalue weighted by Crippen LogP contribution is 2.24. The Hall–Kier alpha value is -2.57. The average molecular weight is 263 g/mol. The molecule has 0 radical (unpaired) electrons. The highest BCUT2D eigenvalue weighted by molar-refractivity contribution is 5.62. The predicted molar refractivity (Wildman–Crippen MR) is 72.2 cm³/mol. The van der Waals surface area contributed by atoms with E-state index in [9.17, 15) is 4.39 Å². The van der Waals surface area contributed by atoms with Gasteiger partial charge in [0.15, 0.2) is 0 Å². The van der Waals surface area contributed by atoms with Gasteiger partial charge in [0.2, 0.25) is 5.95 Å². The fraction of sp³-hybridized carbons (Fsp3) is 0.167. The standard InChI is InChI=1S/C12H14FN5O/c1-15-10-6-11(18-12(14)17-10)16-9-5-7(19-2)3-4-8(9)13/h3-6H,1-2H3,(H4,14,15,16,17,18). The summed E-state index contributed by atoms with van der Waals surface area (Å²) in [5, 5.41) is 5.68. The van der Waals surface area contributed by atoms with Gasteiger partial charge in [-0.25, -0.2) is 4.39 Å². The summed E-state index contributed by atoms with van der Waals surface area (Å²) >= 11 is 0. The Bertz CT molecular complexity index is 590. The summed E-state index contributed by atoms with van der Waals surface area (Å²) in [5.74, 6) is 1.16. The van der Waals surface area contributed by atoms with Crippen LogP contribution < -0.4 is 21.1 Å². The maximum Gasteiger partial charge on any atom is 0.223 e. The minimum atomic E-state index is -0.413. The van der Waals surface area contributed by atoms with Crippen molar-refractivity contribution in [1.29, 1.82) is 0 Å². The number of benzene rings is 1. The first-order chi connectivity index (χ1) is 9.12. The maximum absolute atomic E-state index is 13.7. The van der Waals surface area contributed by atoms with Crippen LogP contribution in [0.25, 0.3) is 0 Å². The summed E-state index contributed by atoms with van der Waals surface area (Å²) in [6.07, 6.45) is 0. The van der Waals surface area contributed by atoms with Gasteiger partial charge < -0.3 is 21.1 Å². The van der Waals surface area contributed by atoms with Crippen LogP contribution in [-0.2, 0) is 0 Å². The molecular formula is C12H14FN5O. The molecule has 0 aliphatic heterocycles. The van der Waals surface area contributed by atoms with E-state index in [1.54, 1.807) is 13.1 Å². The number of aromatic nitrogens is 2. The van der Waals surface area contributed by atoms with Gasteiger partial charge in [0.25, 0.3) is 0 Å². The lowest BCUT2D eigenvalue weighted by Gasteiger charge is -2.10. The number of nitrogens with one attached hydrogen (secondary N) is 2. The van der Waals surface area contributed by atoms with E-state index in [2.05, 4.69) is 20.6 Å². The molecule has 2 aromatic rings. The van der Waals surface area contributed by atoms with Crippen LogP contribution >= 0.6 is 0 Å². The number of nitrogens with two attached hydrogens (primary N) is 1. The van der Waals surface area contributed by atoms with Crippen LogP contribution in [0.5, 0.6) is 5.75 Å². The third kappa shape index (κ3) is 3.01. The molecule has 0 saturated heterocycles. The minimum absolute atomic E-state index is 0.0951. The van der Waals surface area contributed by atoms with Crippen molar-refractivity contribution in [3.8, 4) is 5.75 Å². The van der Waals surface area contributed by atoms with Crippen LogP contribution in [0.15, 0.2) is 24.3 Å². The number of hydrogen-bond acceptors (Lipinski definition) is 6. The Morgan fingerprint density at radius 2 is 1.95 bits per heavy atom. The molecule has 2 rings (SSSR count). The van der Waals surface area contributed by atoms with Crippen molar-refractivity contribution in [3.05, 3.63) is 30.1 Å². The molecule has 0 aliphatic rings. The lowest BCUT2D eigenvalue weighted by Crippen LogP contribution is -2.04. The van der Waals surface area contributed by atoms with Gasteiger partial charge in [0.1, 0.15) is 23.2 Å². The number of anilines is 4. The van der Waals surface area contributed by atoms with E-state index in [1.165, 1.54) is 25.3 Å². The molecule has 100 valence electrons. The van der Waals surface area contributed by atoms with Crippen molar-refractivity contribution in [3.63, 3.8) is 0 Å². The summed E-state index contributed by atoms with van der Waals surface area (Å²) in [4.78, 5) is 7.93. The molecular weight excluding hydrogens is 249 g/mol. The van der Waals surface area contributed by atoms with Crippen molar-refractivity contribution in [2.45, 2.75) is 0 Å². The van der Waals surface area contributed by atoms with Crippen molar-refractivity contribution in [2.24, 2.45) is 0 Å². The highest BCUT2D eigenvalue weighted by Gasteiger charge is 2.07. The molecule has 0 unspecified atom stereocenters. The van der Waals surface area contributed by atoms with Crippen LogP contribution in [-0.4, -0.2) is 24.1 Å². The van der Waals surface area contributed by atoms with E-state index >= 15 is 0 Å². The number of rotatable bonds is 4. The molecule has 19 heavy (non-hydrogen) atoms. The summed E-state index contributed by atoms with van der Waals surface area (Å²) < 4.78 is 18.7. The van der Waals surface area contributed by atoms with Gasteiger partial charge in [-0.05, 0) is 12.1 Å². The van der Waals surface area contributed by atoms with Gasteiger partial charge in [0, 0.05) is 19.2 Å². The van der Waals surface area contributed by atoms with Gasteiger partial charge in [-0.3, -0.25) is 0 Å². The molecule has 0 amide bonds. The predicted octanol–water partition coefficient (Wildman–Crippen LogP) is 1.99. The molecule has 0 saturated carbocycles. The average Bonchev–Trinajstić information content (AvgIpc) is 2.40. The van der Waals surface area contributed by atoms with E-state index in [1.807, 2.05) is 0 Å². The van der Waals surface area contributed by atoms with Crippen LogP contribution in [0.2, 0.25) is 0 Å².